The average Bonchev–Trinajstić information content (AvgIpc) is 3.07. The second kappa shape index (κ2) is 7.68. The number of benzene rings is 1. The van der Waals surface area contributed by atoms with Gasteiger partial charge in [-0.1, -0.05) is 44.2 Å². The number of fused-ring (bicyclic) bond motifs is 1. The maximum Gasteiger partial charge on any atom is 0.191 e. The Kier molecular flexibility index (Phi) is 5.36. The van der Waals surface area contributed by atoms with E-state index in [9.17, 15) is 0 Å². The zero-order chi connectivity index (χ0) is 17.7. The molecule has 1 aromatic carbocycles. The van der Waals surface area contributed by atoms with E-state index in [0.29, 0.717) is 6.04 Å². The third-order valence-corrected chi connectivity index (χ3v) is 4.63. The summed E-state index contributed by atoms with van der Waals surface area (Å²) in [4.78, 5) is 8.66. The molecule has 6 nitrogen and oxygen atoms in total. The smallest absolute Gasteiger partial charge is 0.191 e. The van der Waals surface area contributed by atoms with E-state index >= 15 is 0 Å². The number of hydrogen-bond acceptors (Lipinski definition) is 3. The lowest BCUT2D eigenvalue weighted by Crippen LogP contribution is -2.49. The molecular formula is C19H28N6. The molecule has 1 aliphatic rings. The first-order valence-corrected chi connectivity index (χ1v) is 8.93. The van der Waals surface area contributed by atoms with Crippen LogP contribution < -0.4 is 10.6 Å². The second-order valence-electron chi connectivity index (χ2n) is 7.49. The minimum absolute atomic E-state index is 0.143. The summed E-state index contributed by atoms with van der Waals surface area (Å²) in [5.74, 6) is 1.93. The highest BCUT2D eigenvalue weighted by atomic mass is 15.4. The minimum atomic E-state index is 0.143. The van der Waals surface area contributed by atoms with Gasteiger partial charge >= 0.3 is 0 Å². The van der Waals surface area contributed by atoms with Crippen LogP contribution in [0.2, 0.25) is 0 Å². The number of aromatic nitrogens is 3. The van der Waals surface area contributed by atoms with Gasteiger partial charge in [0.05, 0.1) is 6.54 Å². The molecule has 0 bridgehead atoms. The largest absolute Gasteiger partial charge is 0.356 e. The lowest BCUT2D eigenvalue weighted by Gasteiger charge is -2.29. The van der Waals surface area contributed by atoms with Crippen LogP contribution in [-0.2, 0) is 19.4 Å². The highest BCUT2D eigenvalue weighted by Crippen LogP contribution is 2.20. The van der Waals surface area contributed by atoms with Crippen LogP contribution in [0.1, 0.15) is 31.7 Å². The molecular weight excluding hydrogens is 312 g/mol. The van der Waals surface area contributed by atoms with Crippen LogP contribution in [0.25, 0.3) is 0 Å². The molecule has 1 aromatic heterocycles. The second-order valence-corrected chi connectivity index (χ2v) is 7.49. The highest BCUT2D eigenvalue weighted by Gasteiger charge is 2.22. The minimum Gasteiger partial charge on any atom is -0.356 e. The molecule has 2 N–H and O–H groups in total. The molecule has 0 spiro atoms. The van der Waals surface area contributed by atoms with Crippen molar-refractivity contribution in [1.82, 2.24) is 25.4 Å². The Hall–Kier alpha value is -2.37. The van der Waals surface area contributed by atoms with Gasteiger partial charge in [0.2, 0.25) is 0 Å². The Morgan fingerprint density at radius 3 is 2.88 bits per heavy atom. The molecule has 1 atom stereocenters. The van der Waals surface area contributed by atoms with Crippen LogP contribution in [0.15, 0.2) is 41.7 Å². The Morgan fingerprint density at radius 1 is 1.32 bits per heavy atom. The number of hydrogen-bond donors (Lipinski definition) is 2. The SMILES string of the molecule is CN=C(NCC(C)(C)Cc1ccccc1)NC1CCc2ncnn2C1. The maximum atomic E-state index is 4.39. The number of aliphatic imine (C=N–C) groups is 1. The van der Waals surface area contributed by atoms with Crippen LogP contribution in [-0.4, -0.2) is 40.4 Å². The van der Waals surface area contributed by atoms with Gasteiger partial charge < -0.3 is 10.6 Å². The van der Waals surface area contributed by atoms with E-state index in [1.807, 2.05) is 11.7 Å². The number of guanidine groups is 1. The van der Waals surface area contributed by atoms with E-state index < -0.39 is 0 Å². The van der Waals surface area contributed by atoms with Gasteiger partial charge in [0, 0.05) is 26.1 Å². The maximum absolute atomic E-state index is 4.39. The van der Waals surface area contributed by atoms with E-state index in [1.54, 1.807) is 6.33 Å². The van der Waals surface area contributed by atoms with E-state index in [2.05, 4.69) is 69.9 Å². The Morgan fingerprint density at radius 2 is 2.12 bits per heavy atom. The number of rotatable bonds is 5. The van der Waals surface area contributed by atoms with Gasteiger partial charge in [-0.15, -0.1) is 0 Å². The normalized spacial score (nSPS) is 17.9. The van der Waals surface area contributed by atoms with Crippen molar-refractivity contribution in [3.05, 3.63) is 48.0 Å². The van der Waals surface area contributed by atoms with Gasteiger partial charge in [0.25, 0.3) is 0 Å². The summed E-state index contributed by atoms with van der Waals surface area (Å²) in [6.07, 6.45) is 4.67. The predicted octanol–water partition coefficient (Wildman–Crippen LogP) is 2.03. The quantitative estimate of drug-likeness (QED) is 0.646. The van der Waals surface area contributed by atoms with Gasteiger partial charge in [-0.25, -0.2) is 9.67 Å². The fourth-order valence-electron chi connectivity index (χ4n) is 3.28. The van der Waals surface area contributed by atoms with E-state index in [4.69, 9.17) is 0 Å². The van der Waals surface area contributed by atoms with Crippen molar-refractivity contribution in [2.45, 2.75) is 45.7 Å². The molecule has 0 aliphatic carbocycles. The monoisotopic (exact) mass is 340 g/mol. The standard InChI is InChI=1S/C19H28N6/c1-19(2,11-15-7-5-4-6-8-15)13-21-18(20-3)24-16-9-10-17-22-14-23-25(17)12-16/h4-8,14,16H,9-13H2,1-3H3,(H2,20,21,24). The molecule has 134 valence electrons. The van der Waals surface area contributed by atoms with Gasteiger partial charge in [0.1, 0.15) is 12.2 Å². The number of nitrogens with one attached hydrogen (secondary N) is 2. The summed E-state index contributed by atoms with van der Waals surface area (Å²) in [6, 6.07) is 11.0. The first-order valence-electron chi connectivity index (χ1n) is 8.93. The molecule has 6 heteroatoms. The summed E-state index contributed by atoms with van der Waals surface area (Å²) in [5, 5.41) is 11.3. The van der Waals surface area contributed by atoms with Crippen LogP contribution in [0.4, 0.5) is 0 Å². The molecule has 25 heavy (non-hydrogen) atoms. The van der Waals surface area contributed by atoms with Gasteiger partial charge in [0.15, 0.2) is 5.96 Å². The van der Waals surface area contributed by atoms with Crippen molar-refractivity contribution in [2.75, 3.05) is 13.6 Å². The highest BCUT2D eigenvalue weighted by molar-refractivity contribution is 5.80. The van der Waals surface area contributed by atoms with Crippen molar-refractivity contribution in [3.8, 4) is 0 Å². The molecule has 1 aliphatic heterocycles. The molecule has 0 saturated heterocycles. The zero-order valence-corrected chi connectivity index (χ0v) is 15.4. The Balaban J connectivity index is 1.51. The van der Waals surface area contributed by atoms with Gasteiger partial charge in [-0.05, 0) is 23.8 Å². The summed E-state index contributed by atoms with van der Waals surface area (Å²) >= 11 is 0. The molecule has 2 aromatic rings. The third kappa shape index (κ3) is 4.81. The average molecular weight is 340 g/mol. The molecule has 0 radical (unpaired) electrons. The van der Waals surface area contributed by atoms with Crippen molar-refractivity contribution in [1.29, 1.82) is 0 Å². The molecule has 0 amide bonds. The molecule has 1 unspecified atom stereocenters. The van der Waals surface area contributed by atoms with E-state index in [0.717, 1.165) is 44.1 Å². The first kappa shape index (κ1) is 17.5. The summed E-state index contributed by atoms with van der Waals surface area (Å²) < 4.78 is 1.98. The number of aryl methyl sites for hydroxylation is 1. The van der Waals surface area contributed by atoms with E-state index in [-0.39, 0.29) is 5.41 Å². The van der Waals surface area contributed by atoms with Crippen molar-refractivity contribution in [2.24, 2.45) is 10.4 Å². The summed E-state index contributed by atoms with van der Waals surface area (Å²) in [6.45, 7) is 6.26. The zero-order valence-electron chi connectivity index (χ0n) is 15.4. The lowest BCUT2D eigenvalue weighted by atomic mass is 9.86. The van der Waals surface area contributed by atoms with Crippen molar-refractivity contribution < 1.29 is 0 Å². The molecule has 2 heterocycles. The van der Waals surface area contributed by atoms with Gasteiger partial charge in [-0.2, -0.15) is 5.10 Å². The van der Waals surface area contributed by atoms with Crippen LogP contribution in [0.3, 0.4) is 0 Å². The third-order valence-electron chi connectivity index (χ3n) is 4.63. The fraction of sp³-hybridized carbons (Fsp3) is 0.526. The fourth-order valence-corrected chi connectivity index (χ4v) is 3.28. The Bertz CT molecular complexity index is 704. The molecule has 3 rings (SSSR count). The summed E-state index contributed by atoms with van der Waals surface area (Å²) in [5.41, 5.74) is 1.51. The lowest BCUT2D eigenvalue weighted by molar-refractivity contribution is 0.353. The summed E-state index contributed by atoms with van der Waals surface area (Å²) in [7, 11) is 1.82. The van der Waals surface area contributed by atoms with E-state index in [1.165, 1.54) is 5.56 Å². The molecule has 0 saturated carbocycles. The van der Waals surface area contributed by atoms with Crippen LogP contribution >= 0.6 is 0 Å². The van der Waals surface area contributed by atoms with Gasteiger partial charge in [-0.3, -0.25) is 4.99 Å². The first-order chi connectivity index (χ1) is 12.1. The number of nitrogens with zero attached hydrogens (tertiary/aromatic N) is 4. The van der Waals surface area contributed by atoms with Crippen molar-refractivity contribution >= 4 is 5.96 Å². The molecule has 0 fully saturated rings. The topological polar surface area (TPSA) is 67.1 Å². The predicted molar refractivity (Wildman–Crippen MR) is 101 cm³/mol. The van der Waals surface area contributed by atoms with Crippen LogP contribution in [0.5, 0.6) is 0 Å². The van der Waals surface area contributed by atoms with Crippen molar-refractivity contribution in [3.63, 3.8) is 0 Å². The Labute approximate surface area is 149 Å². The van der Waals surface area contributed by atoms with Crippen LogP contribution in [0, 0.1) is 5.41 Å².